The molecule has 0 radical (unpaired) electrons. The van der Waals surface area contributed by atoms with Crippen LogP contribution >= 0.6 is 0 Å². The summed E-state index contributed by atoms with van der Waals surface area (Å²) < 4.78 is 38.1. The summed E-state index contributed by atoms with van der Waals surface area (Å²) >= 11 is 0. The van der Waals surface area contributed by atoms with Gasteiger partial charge in [0.2, 0.25) is 0 Å². The lowest BCUT2D eigenvalue weighted by molar-refractivity contribution is 0.0944. The molecule has 152 valence electrons. The first-order valence-corrected chi connectivity index (χ1v) is 11.0. The lowest BCUT2D eigenvalue weighted by atomic mass is 10.1. The zero-order valence-electron chi connectivity index (χ0n) is 16.0. The molecule has 30 heavy (non-hydrogen) atoms. The number of hydrogen-bond donors (Lipinski definition) is 1. The Morgan fingerprint density at radius 1 is 1.13 bits per heavy atom. The van der Waals surface area contributed by atoms with E-state index in [9.17, 15) is 17.9 Å². The van der Waals surface area contributed by atoms with E-state index in [4.69, 9.17) is 0 Å². The number of halogens is 1. The van der Waals surface area contributed by atoms with Crippen molar-refractivity contribution in [1.29, 1.82) is 0 Å². The molecule has 2 heterocycles. The molecule has 1 unspecified atom stereocenters. The minimum atomic E-state index is -3.30. The molecule has 0 spiro atoms. The Kier molecular flexibility index (Phi) is 5.19. The second-order valence-corrected chi connectivity index (χ2v) is 8.90. The third kappa shape index (κ3) is 4.14. The Bertz CT molecular complexity index is 1260. The Morgan fingerprint density at radius 3 is 2.50 bits per heavy atom. The molecule has 1 N–H and O–H groups in total. The van der Waals surface area contributed by atoms with E-state index in [0.29, 0.717) is 0 Å². The van der Waals surface area contributed by atoms with Crippen LogP contribution in [0.3, 0.4) is 0 Å². The summed E-state index contributed by atoms with van der Waals surface area (Å²) in [4.78, 5) is 12.9. The van der Waals surface area contributed by atoms with E-state index in [1.807, 2.05) is 12.1 Å². The molecule has 0 bridgehead atoms. The molecule has 0 fully saturated rings. The predicted molar refractivity (Wildman–Crippen MR) is 111 cm³/mol. The van der Waals surface area contributed by atoms with E-state index in [1.54, 1.807) is 53.2 Å². The van der Waals surface area contributed by atoms with Crippen molar-refractivity contribution in [3.63, 3.8) is 0 Å². The lowest BCUT2D eigenvalue weighted by Crippen LogP contribution is -2.24. The van der Waals surface area contributed by atoms with Gasteiger partial charge in [-0.05, 0) is 65.7 Å². The predicted octanol–water partition coefficient (Wildman–Crippen LogP) is 3.69. The quantitative estimate of drug-likeness (QED) is 0.496. The molecular formula is C22H18FN3O3S. The third-order valence-electron chi connectivity index (χ3n) is 4.69. The summed E-state index contributed by atoms with van der Waals surface area (Å²) in [5.74, 6) is -0.708. The maximum atomic E-state index is 13.0. The molecule has 1 amide bonds. The first-order chi connectivity index (χ1) is 14.3. The highest BCUT2D eigenvalue weighted by Gasteiger charge is 2.16. The van der Waals surface area contributed by atoms with Gasteiger partial charge in [-0.25, -0.2) is 8.91 Å². The van der Waals surface area contributed by atoms with E-state index in [-0.39, 0.29) is 28.9 Å². The SMILES string of the molecule is C[S+](=O)([O-])c1ccc(-c2cc(C(=O)NCc3ccc(F)cc3)nn3cccc23)cc1. The van der Waals surface area contributed by atoms with Crippen molar-refractivity contribution in [3.8, 4) is 11.1 Å². The van der Waals surface area contributed by atoms with Gasteiger partial charge in [0.1, 0.15) is 17.8 Å². The summed E-state index contributed by atoms with van der Waals surface area (Å²) in [5, 5.41) is 7.14. The number of rotatable bonds is 5. The monoisotopic (exact) mass is 423 g/mol. The number of fused-ring (bicyclic) bond motifs is 1. The number of amides is 1. The van der Waals surface area contributed by atoms with Crippen LogP contribution in [-0.2, 0) is 21.0 Å². The van der Waals surface area contributed by atoms with Crippen molar-refractivity contribution in [1.82, 2.24) is 14.9 Å². The van der Waals surface area contributed by atoms with Crippen LogP contribution in [0.1, 0.15) is 16.1 Å². The maximum Gasteiger partial charge on any atom is 0.272 e. The molecule has 1 atom stereocenters. The summed E-state index contributed by atoms with van der Waals surface area (Å²) in [5.41, 5.74) is 3.28. The zero-order valence-corrected chi connectivity index (χ0v) is 16.9. The van der Waals surface area contributed by atoms with Crippen LogP contribution in [0.15, 0.2) is 77.8 Å². The van der Waals surface area contributed by atoms with Crippen LogP contribution in [-0.4, -0.2) is 26.3 Å². The number of aromatic nitrogens is 2. The number of sulfone groups is 1. The summed E-state index contributed by atoms with van der Waals surface area (Å²) in [7, 11) is -3.30. The minimum Gasteiger partial charge on any atom is -0.610 e. The summed E-state index contributed by atoms with van der Waals surface area (Å²) in [6.45, 7) is 0.239. The van der Waals surface area contributed by atoms with Gasteiger partial charge in [0.25, 0.3) is 5.91 Å². The Labute approximate surface area is 173 Å². The normalized spacial score (nSPS) is 13.2. The van der Waals surface area contributed by atoms with Crippen LogP contribution in [0, 0.1) is 5.82 Å². The third-order valence-corrected chi connectivity index (χ3v) is 5.82. The van der Waals surface area contributed by atoms with E-state index in [2.05, 4.69) is 10.4 Å². The van der Waals surface area contributed by atoms with Gasteiger partial charge in [-0.2, -0.15) is 5.10 Å². The van der Waals surface area contributed by atoms with Crippen molar-refractivity contribution in [3.05, 3.63) is 90.0 Å². The number of benzene rings is 2. The fraction of sp³-hybridized carbons (Fsp3) is 0.0909. The van der Waals surface area contributed by atoms with Crippen LogP contribution in [0.5, 0.6) is 0 Å². The Balaban J connectivity index is 1.64. The van der Waals surface area contributed by atoms with E-state index in [1.165, 1.54) is 12.1 Å². The molecule has 2 aromatic heterocycles. The summed E-state index contributed by atoms with van der Waals surface area (Å²) in [6, 6.07) is 17.7. The molecule has 2 aromatic carbocycles. The molecular weight excluding hydrogens is 405 g/mol. The minimum absolute atomic E-state index is 0.211. The Hall–Kier alpha value is -3.36. The van der Waals surface area contributed by atoms with Gasteiger partial charge < -0.3 is 9.87 Å². The fourth-order valence-corrected chi connectivity index (χ4v) is 3.76. The number of carbonyl (C=O) groups excluding carboxylic acids is 1. The van der Waals surface area contributed by atoms with Gasteiger partial charge in [0.15, 0.2) is 4.90 Å². The van der Waals surface area contributed by atoms with Crippen molar-refractivity contribution in [2.45, 2.75) is 11.4 Å². The van der Waals surface area contributed by atoms with E-state index >= 15 is 0 Å². The van der Waals surface area contributed by atoms with Gasteiger partial charge in [0, 0.05) is 18.3 Å². The molecule has 0 aliphatic carbocycles. The van der Waals surface area contributed by atoms with Gasteiger partial charge in [-0.3, -0.25) is 4.79 Å². The topological polar surface area (TPSA) is 86.5 Å². The molecule has 8 heteroatoms. The van der Waals surface area contributed by atoms with Gasteiger partial charge >= 0.3 is 0 Å². The average molecular weight is 423 g/mol. The zero-order chi connectivity index (χ0) is 21.3. The molecule has 4 aromatic rings. The first kappa shape index (κ1) is 19.9. The molecule has 0 saturated carbocycles. The average Bonchev–Trinajstić information content (AvgIpc) is 3.20. The highest BCUT2D eigenvalue weighted by Crippen LogP contribution is 2.27. The van der Waals surface area contributed by atoms with Gasteiger partial charge in [0.05, 0.1) is 15.7 Å². The van der Waals surface area contributed by atoms with E-state index in [0.717, 1.165) is 28.5 Å². The van der Waals surface area contributed by atoms with Crippen LogP contribution < -0.4 is 5.32 Å². The summed E-state index contributed by atoms with van der Waals surface area (Å²) in [6.07, 6.45) is 2.89. The van der Waals surface area contributed by atoms with Crippen LogP contribution in [0.25, 0.3) is 16.6 Å². The number of nitrogens with zero attached hydrogens (tertiary/aromatic N) is 2. The van der Waals surface area contributed by atoms with Gasteiger partial charge in [-0.1, -0.05) is 12.1 Å². The molecule has 4 rings (SSSR count). The van der Waals surface area contributed by atoms with Gasteiger partial charge in [-0.15, -0.1) is 4.21 Å². The van der Waals surface area contributed by atoms with Crippen molar-refractivity contribution < 1.29 is 17.9 Å². The van der Waals surface area contributed by atoms with E-state index < -0.39 is 10.2 Å². The fourth-order valence-electron chi connectivity index (χ4n) is 3.13. The largest absolute Gasteiger partial charge is 0.610 e. The molecule has 6 nitrogen and oxygen atoms in total. The number of carbonyl (C=O) groups is 1. The smallest absolute Gasteiger partial charge is 0.272 e. The van der Waals surface area contributed by atoms with Crippen LogP contribution in [0.2, 0.25) is 0 Å². The maximum absolute atomic E-state index is 13.0. The van der Waals surface area contributed by atoms with Crippen molar-refractivity contribution in [2.75, 3.05) is 6.26 Å². The second kappa shape index (κ2) is 7.81. The first-order valence-electron chi connectivity index (χ1n) is 9.13. The lowest BCUT2D eigenvalue weighted by Gasteiger charge is -2.11. The number of hydrogen-bond acceptors (Lipinski definition) is 4. The highest BCUT2D eigenvalue weighted by molar-refractivity contribution is 7.97. The Morgan fingerprint density at radius 2 is 1.83 bits per heavy atom. The number of nitrogens with one attached hydrogen (secondary N) is 1. The molecule has 0 aliphatic heterocycles. The second-order valence-electron chi connectivity index (χ2n) is 6.89. The van der Waals surface area contributed by atoms with Crippen molar-refractivity contribution in [2.24, 2.45) is 0 Å². The van der Waals surface area contributed by atoms with Crippen LogP contribution in [0.4, 0.5) is 4.39 Å². The highest BCUT2D eigenvalue weighted by atomic mass is 32.3. The molecule has 0 saturated heterocycles. The van der Waals surface area contributed by atoms with Crippen molar-refractivity contribution >= 4 is 21.6 Å². The standard InChI is InChI=1S/C22H18FN3O3S/c1-30(28,29)18-10-6-16(7-11-18)19-13-20(25-26-12-2-3-21(19)26)22(27)24-14-15-4-8-17(23)9-5-15/h2-13H,14H2,1H3,(H-,24,27,28,29). The molecule has 0 aliphatic rings.